The van der Waals surface area contributed by atoms with E-state index in [1.165, 1.54) is 58.2 Å². The molecule has 0 aromatic carbocycles. The lowest BCUT2D eigenvalue weighted by molar-refractivity contribution is 0.0176. The first-order valence-corrected chi connectivity index (χ1v) is 8.18. The highest BCUT2D eigenvalue weighted by Gasteiger charge is 2.22. The van der Waals surface area contributed by atoms with Crippen LogP contribution in [-0.2, 0) is 0 Å². The van der Waals surface area contributed by atoms with Gasteiger partial charge < -0.3 is 10.0 Å². The van der Waals surface area contributed by atoms with Gasteiger partial charge in [0.1, 0.15) is 0 Å². The van der Waals surface area contributed by atoms with Gasteiger partial charge in [-0.2, -0.15) is 0 Å². The van der Waals surface area contributed by atoms with Gasteiger partial charge in [0.25, 0.3) is 0 Å². The predicted molar refractivity (Wildman–Crippen MR) is 82.6 cm³/mol. The lowest BCUT2D eigenvalue weighted by atomic mass is 10.1. The second-order valence-electron chi connectivity index (χ2n) is 6.70. The molecule has 1 fully saturated rings. The van der Waals surface area contributed by atoms with Crippen LogP contribution in [0.15, 0.2) is 0 Å². The van der Waals surface area contributed by atoms with Gasteiger partial charge in [-0.1, -0.05) is 39.0 Å². The molecule has 1 aliphatic rings. The lowest BCUT2D eigenvalue weighted by Crippen LogP contribution is -2.50. The third kappa shape index (κ3) is 8.61. The predicted octanol–water partition coefficient (Wildman–Crippen LogP) is 2.74. The zero-order valence-corrected chi connectivity index (χ0v) is 13.3. The minimum absolute atomic E-state index is 0.554. The molecular weight excluding hydrogens is 236 g/mol. The summed E-state index contributed by atoms with van der Waals surface area (Å²) in [5, 5.41) is 9.82. The zero-order chi connectivity index (χ0) is 14.1. The lowest BCUT2D eigenvalue weighted by Gasteiger charge is -2.37. The first-order valence-electron chi connectivity index (χ1n) is 8.18. The minimum atomic E-state index is -0.554. The fourth-order valence-corrected chi connectivity index (χ4v) is 2.83. The van der Waals surface area contributed by atoms with Gasteiger partial charge in [0, 0.05) is 32.7 Å². The number of rotatable bonds is 9. The smallest absolute Gasteiger partial charge is 0.0718 e. The Kier molecular flexibility index (Phi) is 7.96. The summed E-state index contributed by atoms with van der Waals surface area (Å²) in [7, 11) is 0. The highest BCUT2D eigenvalue weighted by Crippen LogP contribution is 2.10. The molecule has 19 heavy (non-hydrogen) atoms. The van der Waals surface area contributed by atoms with Crippen molar-refractivity contribution in [2.24, 2.45) is 0 Å². The van der Waals surface area contributed by atoms with Crippen LogP contribution >= 0.6 is 0 Å². The Morgan fingerprint density at radius 2 is 1.37 bits per heavy atom. The summed E-state index contributed by atoms with van der Waals surface area (Å²) in [6.45, 7) is 12.7. The molecule has 3 heteroatoms. The number of piperazine rings is 1. The molecule has 1 heterocycles. The van der Waals surface area contributed by atoms with E-state index in [9.17, 15) is 5.11 Å². The molecule has 0 unspecified atom stereocenters. The Labute approximate surface area is 120 Å². The maximum atomic E-state index is 9.82. The van der Waals surface area contributed by atoms with Gasteiger partial charge in [-0.3, -0.25) is 4.90 Å². The molecule has 0 radical (unpaired) electrons. The topological polar surface area (TPSA) is 26.7 Å². The van der Waals surface area contributed by atoms with Gasteiger partial charge in [0.15, 0.2) is 0 Å². The molecule has 1 rings (SSSR count). The van der Waals surface area contributed by atoms with Crippen LogP contribution in [0.2, 0.25) is 0 Å². The largest absolute Gasteiger partial charge is 0.389 e. The second kappa shape index (κ2) is 8.93. The first kappa shape index (κ1) is 16.9. The molecule has 1 saturated heterocycles. The normalized spacial score (nSPS) is 18.9. The average Bonchev–Trinajstić information content (AvgIpc) is 2.34. The molecule has 114 valence electrons. The van der Waals surface area contributed by atoms with Crippen molar-refractivity contribution in [1.82, 2.24) is 9.80 Å². The van der Waals surface area contributed by atoms with E-state index < -0.39 is 5.60 Å². The summed E-state index contributed by atoms with van der Waals surface area (Å²) in [4.78, 5) is 4.97. The molecule has 0 amide bonds. The maximum Gasteiger partial charge on any atom is 0.0718 e. The Hall–Kier alpha value is -0.120. The molecule has 0 aromatic heterocycles. The van der Waals surface area contributed by atoms with Gasteiger partial charge in [-0.05, 0) is 26.8 Å². The van der Waals surface area contributed by atoms with E-state index in [4.69, 9.17) is 0 Å². The number of β-amino-alcohol motifs (C(OH)–C–C–N with tert-alkyl or cyclic N) is 1. The number of nitrogens with zero attached hydrogens (tertiary/aromatic N) is 2. The Morgan fingerprint density at radius 1 is 0.842 bits per heavy atom. The first-order chi connectivity index (χ1) is 9.01. The molecule has 1 aliphatic heterocycles. The van der Waals surface area contributed by atoms with Crippen molar-refractivity contribution in [2.75, 3.05) is 39.3 Å². The van der Waals surface area contributed by atoms with Crippen LogP contribution in [0.5, 0.6) is 0 Å². The number of hydrogen-bond donors (Lipinski definition) is 1. The summed E-state index contributed by atoms with van der Waals surface area (Å²) < 4.78 is 0. The van der Waals surface area contributed by atoms with E-state index in [1.807, 2.05) is 13.8 Å². The molecule has 0 atom stereocenters. The standard InChI is InChI=1S/C16H34N2O/c1-4-5-6-7-8-9-10-17-11-13-18(14-12-17)15-16(2,3)19/h19H,4-15H2,1-3H3. The quantitative estimate of drug-likeness (QED) is 0.653. The Bertz CT molecular complexity index is 217. The highest BCUT2D eigenvalue weighted by atomic mass is 16.3. The van der Waals surface area contributed by atoms with Crippen molar-refractivity contribution in [2.45, 2.75) is 64.9 Å². The van der Waals surface area contributed by atoms with Crippen molar-refractivity contribution >= 4 is 0 Å². The molecule has 0 saturated carbocycles. The number of unbranched alkanes of at least 4 members (excludes halogenated alkanes) is 5. The molecular formula is C16H34N2O. The van der Waals surface area contributed by atoms with Crippen LogP contribution in [-0.4, -0.2) is 59.8 Å². The van der Waals surface area contributed by atoms with E-state index in [1.54, 1.807) is 0 Å². The summed E-state index contributed by atoms with van der Waals surface area (Å²) in [6, 6.07) is 0. The summed E-state index contributed by atoms with van der Waals surface area (Å²) >= 11 is 0. The van der Waals surface area contributed by atoms with Crippen LogP contribution < -0.4 is 0 Å². The highest BCUT2D eigenvalue weighted by molar-refractivity contribution is 4.77. The fraction of sp³-hybridized carbons (Fsp3) is 1.00. The minimum Gasteiger partial charge on any atom is -0.389 e. The van der Waals surface area contributed by atoms with E-state index in [0.717, 1.165) is 19.6 Å². The monoisotopic (exact) mass is 270 g/mol. The summed E-state index contributed by atoms with van der Waals surface area (Å²) in [6.07, 6.45) is 8.31. The molecule has 3 nitrogen and oxygen atoms in total. The van der Waals surface area contributed by atoms with Crippen molar-refractivity contribution in [3.8, 4) is 0 Å². The fourth-order valence-electron chi connectivity index (χ4n) is 2.83. The van der Waals surface area contributed by atoms with Crippen LogP contribution in [0.25, 0.3) is 0 Å². The van der Waals surface area contributed by atoms with E-state index >= 15 is 0 Å². The van der Waals surface area contributed by atoms with Crippen LogP contribution in [0.3, 0.4) is 0 Å². The average molecular weight is 270 g/mol. The van der Waals surface area contributed by atoms with Gasteiger partial charge in [-0.15, -0.1) is 0 Å². The zero-order valence-electron chi connectivity index (χ0n) is 13.3. The van der Waals surface area contributed by atoms with Gasteiger partial charge in [-0.25, -0.2) is 0 Å². The maximum absolute atomic E-state index is 9.82. The van der Waals surface area contributed by atoms with Crippen LogP contribution in [0, 0.1) is 0 Å². The molecule has 0 bridgehead atoms. The van der Waals surface area contributed by atoms with Gasteiger partial charge in [0.2, 0.25) is 0 Å². The van der Waals surface area contributed by atoms with Crippen LogP contribution in [0.4, 0.5) is 0 Å². The number of hydrogen-bond acceptors (Lipinski definition) is 3. The van der Waals surface area contributed by atoms with Crippen molar-refractivity contribution in [3.05, 3.63) is 0 Å². The van der Waals surface area contributed by atoms with E-state index in [2.05, 4.69) is 16.7 Å². The Balaban J connectivity index is 2.01. The summed E-state index contributed by atoms with van der Waals surface area (Å²) in [5.74, 6) is 0. The van der Waals surface area contributed by atoms with Crippen molar-refractivity contribution in [1.29, 1.82) is 0 Å². The molecule has 0 spiro atoms. The van der Waals surface area contributed by atoms with Gasteiger partial charge in [0.05, 0.1) is 5.60 Å². The molecule has 1 N–H and O–H groups in total. The van der Waals surface area contributed by atoms with E-state index in [-0.39, 0.29) is 0 Å². The van der Waals surface area contributed by atoms with Crippen molar-refractivity contribution < 1.29 is 5.11 Å². The Morgan fingerprint density at radius 3 is 1.95 bits per heavy atom. The third-order valence-corrected chi connectivity index (χ3v) is 3.90. The second-order valence-corrected chi connectivity index (χ2v) is 6.70. The van der Waals surface area contributed by atoms with Gasteiger partial charge >= 0.3 is 0 Å². The SMILES string of the molecule is CCCCCCCCN1CCN(CC(C)(C)O)CC1. The third-order valence-electron chi connectivity index (χ3n) is 3.90. The summed E-state index contributed by atoms with van der Waals surface area (Å²) in [5.41, 5.74) is -0.554. The molecule has 0 aliphatic carbocycles. The number of aliphatic hydroxyl groups is 1. The van der Waals surface area contributed by atoms with E-state index in [0.29, 0.717) is 0 Å². The van der Waals surface area contributed by atoms with Crippen LogP contribution in [0.1, 0.15) is 59.3 Å². The molecule has 0 aromatic rings. The van der Waals surface area contributed by atoms with Crippen molar-refractivity contribution in [3.63, 3.8) is 0 Å².